The number of hydrogen-bond acceptors (Lipinski definition) is 6. The Hall–Kier alpha value is -1.59. The molecule has 0 amide bonds. The first-order valence-corrected chi connectivity index (χ1v) is 29.4. The van der Waals surface area contributed by atoms with Gasteiger partial charge in [-0.1, -0.05) is 297 Å². The van der Waals surface area contributed by atoms with Gasteiger partial charge in [0.1, 0.15) is 13.2 Å². The third-order valence-electron chi connectivity index (χ3n) is 13.5. The summed E-state index contributed by atoms with van der Waals surface area (Å²) in [4.78, 5) is 38.1. The van der Waals surface area contributed by atoms with Crippen molar-refractivity contribution >= 4 is 17.9 Å². The van der Waals surface area contributed by atoms with Crippen LogP contribution in [0.2, 0.25) is 0 Å². The molecule has 6 heteroatoms. The van der Waals surface area contributed by atoms with Gasteiger partial charge in [0, 0.05) is 19.3 Å². The SMILES string of the molecule is CCCCCCCCCCCCCCCCCCC(=O)OC[C@@H](COC(=O)CCCCCCCCCCCCCCCCCCCCC(C)C)OC(=O)CCCCCCCCCCCC. The second-order valence-electron chi connectivity index (χ2n) is 20.8. The van der Waals surface area contributed by atoms with Crippen molar-refractivity contribution in [3.05, 3.63) is 0 Å². The fraction of sp³-hybridized carbons (Fsp3) is 0.949. The summed E-state index contributed by atoms with van der Waals surface area (Å²) in [7, 11) is 0. The Morgan fingerprint density at radius 2 is 0.508 bits per heavy atom. The number of carbonyl (C=O) groups is 3. The lowest BCUT2D eigenvalue weighted by atomic mass is 10.0. The van der Waals surface area contributed by atoms with Crippen molar-refractivity contribution in [2.45, 2.75) is 342 Å². The monoisotopic (exact) mass is 919 g/mol. The van der Waals surface area contributed by atoms with E-state index in [1.807, 2.05) is 0 Å². The quantitative estimate of drug-likeness (QED) is 0.0344. The molecule has 0 fully saturated rings. The van der Waals surface area contributed by atoms with Gasteiger partial charge in [-0.2, -0.15) is 0 Å². The van der Waals surface area contributed by atoms with Crippen LogP contribution in [0.1, 0.15) is 336 Å². The van der Waals surface area contributed by atoms with Crippen molar-refractivity contribution < 1.29 is 28.6 Å². The number of carbonyl (C=O) groups excluding carboxylic acids is 3. The largest absolute Gasteiger partial charge is 0.462 e. The first-order chi connectivity index (χ1) is 31.9. The molecule has 0 unspecified atom stereocenters. The molecule has 6 nitrogen and oxygen atoms in total. The van der Waals surface area contributed by atoms with E-state index in [0.717, 1.165) is 63.7 Å². The molecule has 0 aliphatic carbocycles. The third kappa shape index (κ3) is 53.2. The summed E-state index contributed by atoms with van der Waals surface area (Å²) in [5.41, 5.74) is 0. The second kappa shape index (κ2) is 53.4. The maximum Gasteiger partial charge on any atom is 0.306 e. The van der Waals surface area contributed by atoms with Crippen molar-refractivity contribution in [1.29, 1.82) is 0 Å². The van der Waals surface area contributed by atoms with E-state index < -0.39 is 6.10 Å². The number of ether oxygens (including phenoxy) is 3. The molecule has 0 heterocycles. The summed E-state index contributed by atoms with van der Waals surface area (Å²) in [6.07, 6.45) is 58.2. The van der Waals surface area contributed by atoms with Crippen LogP contribution in [0.5, 0.6) is 0 Å². The smallest absolute Gasteiger partial charge is 0.306 e. The molecule has 0 saturated carbocycles. The highest BCUT2D eigenvalue weighted by Crippen LogP contribution is 2.18. The summed E-state index contributed by atoms with van der Waals surface area (Å²) in [5.74, 6) is 0.0227. The van der Waals surface area contributed by atoms with Gasteiger partial charge in [0.05, 0.1) is 0 Å². The van der Waals surface area contributed by atoms with E-state index in [1.165, 1.54) is 231 Å². The van der Waals surface area contributed by atoms with Crippen LogP contribution in [-0.2, 0) is 28.6 Å². The molecule has 0 aliphatic rings. The highest BCUT2D eigenvalue weighted by molar-refractivity contribution is 5.71. The topological polar surface area (TPSA) is 78.9 Å². The van der Waals surface area contributed by atoms with Crippen molar-refractivity contribution in [2.24, 2.45) is 5.92 Å². The van der Waals surface area contributed by atoms with E-state index in [1.54, 1.807) is 0 Å². The maximum absolute atomic E-state index is 12.8. The van der Waals surface area contributed by atoms with Gasteiger partial charge in [-0.25, -0.2) is 0 Å². The Morgan fingerprint density at radius 3 is 0.754 bits per heavy atom. The predicted molar refractivity (Wildman–Crippen MR) is 280 cm³/mol. The Balaban J connectivity index is 4.18. The number of esters is 3. The minimum atomic E-state index is -0.761. The average molecular weight is 920 g/mol. The lowest BCUT2D eigenvalue weighted by Crippen LogP contribution is -2.30. The Bertz CT molecular complexity index is 980. The standard InChI is InChI=1S/C59H114O6/c1-5-7-9-11-13-15-17-18-19-25-28-31-35-38-42-46-50-57(60)63-53-56(65-59(62)52-48-44-40-34-16-14-12-10-8-6-2)54-64-58(61)51-47-43-39-36-32-29-26-23-21-20-22-24-27-30-33-37-41-45-49-55(3)4/h55-56H,5-54H2,1-4H3/t56-/m0/s1. The molecule has 1 atom stereocenters. The van der Waals surface area contributed by atoms with Crippen LogP contribution in [0.15, 0.2) is 0 Å². The van der Waals surface area contributed by atoms with E-state index in [9.17, 15) is 14.4 Å². The van der Waals surface area contributed by atoms with Crippen LogP contribution in [-0.4, -0.2) is 37.2 Å². The van der Waals surface area contributed by atoms with Gasteiger partial charge in [-0.3, -0.25) is 14.4 Å². The van der Waals surface area contributed by atoms with Crippen LogP contribution in [0, 0.1) is 5.92 Å². The number of rotatable bonds is 54. The average Bonchev–Trinajstić information content (AvgIpc) is 3.29. The Labute approximate surface area is 406 Å². The normalized spacial score (nSPS) is 12.0. The van der Waals surface area contributed by atoms with Crippen LogP contribution >= 0.6 is 0 Å². The van der Waals surface area contributed by atoms with Gasteiger partial charge in [-0.05, 0) is 25.2 Å². The molecule has 386 valence electrons. The zero-order valence-corrected chi connectivity index (χ0v) is 44.5. The van der Waals surface area contributed by atoms with Gasteiger partial charge in [0.15, 0.2) is 6.10 Å². The summed E-state index contributed by atoms with van der Waals surface area (Å²) in [6, 6.07) is 0. The van der Waals surface area contributed by atoms with Crippen molar-refractivity contribution in [1.82, 2.24) is 0 Å². The van der Waals surface area contributed by atoms with Gasteiger partial charge in [-0.15, -0.1) is 0 Å². The highest BCUT2D eigenvalue weighted by atomic mass is 16.6. The summed E-state index contributed by atoms with van der Waals surface area (Å²) >= 11 is 0. The molecule has 0 N–H and O–H groups in total. The van der Waals surface area contributed by atoms with Crippen molar-refractivity contribution in [3.8, 4) is 0 Å². The van der Waals surface area contributed by atoms with E-state index in [2.05, 4.69) is 27.7 Å². The zero-order valence-electron chi connectivity index (χ0n) is 44.5. The highest BCUT2D eigenvalue weighted by Gasteiger charge is 2.19. The molecule has 0 aliphatic heterocycles. The Kier molecular flexibility index (Phi) is 52.1. The van der Waals surface area contributed by atoms with Gasteiger partial charge in [0.25, 0.3) is 0 Å². The van der Waals surface area contributed by atoms with Crippen LogP contribution in [0.25, 0.3) is 0 Å². The first kappa shape index (κ1) is 63.4. The lowest BCUT2D eigenvalue weighted by molar-refractivity contribution is -0.167. The van der Waals surface area contributed by atoms with E-state index in [0.29, 0.717) is 19.3 Å². The molecule has 0 radical (unpaired) electrons. The molecule has 0 rings (SSSR count). The van der Waals surface area contributed by atoms with Crippen molar-refractivity contribution in [2.75, 3.05) is 13.2 Å². The number of hydrogen-bond donors (Lipinski definition) is 0. The summed E-state index contributed by atoms with van der Waals surface area (Å²) in [5, 5.41) is 0. The fourth-order valence-electron chi connectivity index (χ4n) is 9.10. The first-order valence-electron chi connectivity index (χ1n) is 29.4. The molecule has 0 bridgehead atoms. The minimum Gasteiger partial charge on any atom is -0.462 e. The van der Waals surface area contributed by atoms with Crippen LogP contribution in [0.4, 0.5) is 0 Å². The fourth-order valence-corrected chi connectivity index (χ4v) is 9.10. The summed E-state index contributed by atoms with van der Waals surface area (Å²) < 4.78 is 16.9. The lowest BCUT2D eigenvalue weighted by Gasteiger charge is -2.18. The molecule has 0 aromatic heterocycles. The Morgan fingerprint density at radius 1 is 0.292 bits per heavy atom. The molecular formula is C59H114O6. The van der Waals surface area contributed by atoms with Crippen LogP contribution in [0.3, 0.4) is 0 Å². The molecular weight excluding hydrogens is 805 g/mol. The minimum absolute atomic E-state index is 0.0619. The van der Waals surface area contributed by atoms with Gasteiger partial charge < -0.3 is 14.2 Å². The molecule has 0 aromatic carbocycles. The van der Waals surface area contributed by atoms with Crippen molar-refractivity contribution in [3.63, 3.8) is 0 Å². The van der Waals surface area contributed by atoms with E-state index in [4.69, 9.17) is 14.2 Å². The zero-order chi connectivity index (χ0) is 47.4. The summed E-state index contributed by atoms with van der Waals surface area (Å²) in [6.45, 7) is 9.07. The van der Waals surface area contributed by atoms with E-state index >= 15 is 0 Å². The molecule has 0 spiro atoms. The predicted octanol–water partition coefficient (Wildman–Crippen LogP) is 19.4. The van der Waals surface area contributed by atoms with Gasteiger partial charge >= 0.3 is 17.9 Å². The molecule has 65 heavy (non-hydrogen) atoms. The maximum atomic E-state index is 12.8. The number of unbranched alkanes of at least 4 members (excludes halogenated alkanes) is 41. The molecule has 0 aromatic rings. The van der Waals surface area contributed by atoms with E-state index in [-0.39, 0.29) is 31.1 Å². The third-order valence-corrected chi connectivity index (χ3v) is 13.5. The molecule has 0 saturated heterocycles. The van der Waals surface area contributed by atoms with Crippen LogP contribution < -0.4 is 0 Å². The second-order valence-corrected chi connectivity index (χ2v) is 20.8. The van der Waals surface area contributed by atoms with Gasteiger partial charge in [0.2, 0.25) is 0 Å².